The van der Waals surface area contributed by atoms with Crippen molar-refractivity contribution >= 4 is 57.1 Å². The van der Waals surface area contributed by atoms with E-state index in [9.17, 15) is 14.4 Å². The lowest BCUT2D eigenvalue weighted by molar-refractivity contribution is -0.122. The summed E-state index contributed by atoms with van der Waals surface area (Å²) in [5, 5.41) is 2.62. The first-order chi connectivity index (χ1) is 15.8. The van der Waals surface area contributed by atoms with Crippen LogP contribution >= 0.6 is 27.5 Å². The maximum absolute atomic E-state index is 13.0. The van der Waals surface area contributed by atoms with Gasteiger partial charge in [-0.3, -0.25) is 14.9 Å². The molecule has 0 unspecified atom stereocenters. The van der Waals surface area contributed by atoms with E-state index in [0.717, 1.165) is 20.5 Å². The molecule has 0 aliphatic carbocycles. The zero-order valence-corrected chi connectivity index (χ0v) is 19.8. The van der Waals surface area contributed by atoms with Crippen molar-refractivity contribution in [2.75, 3.05) is 4.90 Å². The summed E-state index contributed by atoms with van der Waals surface area (Å²) in [6, 6.07) is 18.8. The summed E-state index contributed by atoms with van der Waals surface area (Å²) in [5.41, 5.74) is 2.56. The van der Waals surface area contributed by atoms with Crippen molar-refractivity contribution in [3.63, 3.8) is 0 Å². The molecule has 0 bridgehead atoms. The molecule has 1 N–H and O–H groups in total. The molecule has 4 rings (SSSR count). The van der Waals surface area contributed by atoms with Gasteiger partial charge in [0.2, 0.25) is 0 Å². The van der Waals surface area contributed by atoms with Gasteiger partial charge in [0.15, 0.2) is 0 Å². The summed E-state index contributed by atoms with van der Waals surface area (Å²) in [6.07, 6.45) is 1.44. The molecule has 1 saturated heterocycles. The van der Waals surface area contributed by atoms with Gasteiger partial charge in [-0.2, -0.15) is 0 Å². The van der Waals surface area contributed by atoms with Gasteiger partial charge in [0, 0.05) is 9.50 Å². The number of carbonyl (C=O) groups is 3. The normalized spacial score (nSPS) is 15.1. The first-order valence-corrected chi connectivity index (χ1v) is 11.1. The predicted molar refractivity (Wildman–Crippen MR) is 130 cm³/mol. The smallest absolute Gasteiger partial charge is 0.335 e. The third kappa shape index (κ3) is 5.16. The number of ether oxygens (including phenoxy) is 1. The molecular weight excluding hydrogens is 508 g/mol. The number of nitrogens with zero attached hydrogens (tertiary/aromatic N) is 1. The van der Waals surface area contributed by atoms with Crippen LogP contribution in [0, 0.1) is 6.92 Å². The van der Waals surface area contributed by atoms with Crippen LogP contribution in [0.1, 0.15) is 16.7 Å². The fraction of sp³-hybridized carbons (Fsp3) is 0.0800. The van der Waals surface area contributed by atoms with E-state index in [4.69, 9.17) is 16.3 Å². The molecule has 33 heavy (non-hydrogen) atoms. The van der Waals surface area contributed by atoms with Gasteiger partial charge in [-0.15, -0.1) is 0 Å². The number of amides is 4. The van der Waals surface area contributed by atoms with Crippen molar-refractivity contribution in [1.29, 1.82) is 0 Å². The van der Waals surface area contributed by atoms with E-state index < -0.39 is 17.8 Å². The molecule has 4 amide bonds. The molecule has 3 aromatic carbocycles. The quantitative estimate of drug-likeness (QED) is 0.345. The molecule has 0 radical (unpaired) electrons. The summed E-state index contributed by atoms with van der Waals surface area (Å²) in [7, 11) is 0. The maximum Gasteiger partial charge on any atom is 0.335 e. The molecule has 1 fully saturated rings. The van der Waals surface area contributed by atoms with Crippen molar-refractivity contribution in [2.45, 2.75) is 13.5 Å². The number of rotatable bonds is 5. The number of benzene rings is 3. The van der Waals surface area contributed by atoms with Gasteiger partial charge in [-0.05, 0) is 66.1 Å². The van der Waals surface area contributed by atoms with E-state index in [2.05, 4.69) is 21.2 Å². The van der Waals surface area contributed by atoms with Crippen molar-refractivity contribution < 1.29 is 19.1 Å². The Hall–Kier alpha value is -3.42. The van der Waals surface area contributed by atoms with Gasteiger partial charge in [0.1, 0.15) is 17.9 Å². The number of anilines is 1. The van der Waals surface area contributed by atoms with Crippen molar-refractivity contribution in [1.82, 2.24) is 5.32 Å². The van der Waals surface area contributed by atoms with E-state index in [1.54, 1.807) is 36.4 Å². The summed E-state index contributed by atoms with van der Waals surface area (Å²) >= 11 is 9.54. The zero-order chi connectivity index (χ0) is 23.5. The minimum Gasteiger partial charge on any atom is -0.489 e. The van der Waals surface area contributed by atoms with Crippen LogP contribution in [-0.2, 0) is 16.2 Å². The van der Waals surface area contributed by atoms with Crippen LogP contribution in [-0.4, -0.2) is 17.8 Å². The van der Waals surface area contributed by atoms with E-state index in [1.807, 2.05) is 31.2 Å². The number of nitrogens with one attached hydrogen (secondary N) is 1. The third-order valence-corrected chi connectivity index (χ3v) is 5.96. The molecular formula is C25H18BrClN2O4. The molecule has 1 heterocycles. The van der Waals surface area contributed by atoms with Crippen LogP contribution in [0.4, 0.5) is 10.5 Å². The molecule has 1 aliphatic heterocycles. The first kappa shape index (κ1) is 22.8. The Morgan fingerprint density at radius 3 is 2.36 bits per heavy atom. The average molecular weight is 526 g/mol. The first-order valence-electron chi connectivity index (χ1n) is 9.97. The lowest BCUT2D eigenvalue weighted by Crippen LogP contribution is -2.54. The second-order valence-corrected chi connectivity index (χ2v) is 8.70. The molecule has 166 valence electrons. The Balaban J connectivity index is 1.52. The Morgan fingerprint density at radius 2 is 1.70 bits per heavy atom. The summed E-state index contributed by atoms with van der Waals surface area (Å²) in [4.78, 5) is 38.6. The van der Waals surface area contributed by atoms with Gasteiger partial charge < -0.3 is 4.74 Å². The highest BCUT2D eigenvalue weighted by molar-refractivity contribution is 9.10. The minimum absolute atomic E-state index is 0.158. The number of hydrogen-bond acceptors (Lipinski definition) is 4. The number of carbonyl (C=O) groups excluding carboxylic acids is 3. The Morgan fingerprint density at radius 1 is 1.00 bits per heavy atom. The van der Waals surface area contributed by atoms with E-state index in [1.165, 1.54) is 12.1 Å². The van der Waals surface area contributed by atoms with Gasteiger partial charge in [0.25, 0.3) is 11.8 Å². The van der Waals surface area contributed by atoms with Crippen LogP contribution in [0.2, 0.25) is 5.02 Å². The van der Waals surface area contributed by atoms with Gasteiger partial charge in [-0.25, -0.2) is 9.69 Å². The van der Waals surface area contributed by atoms with Crippen molar-refractivity contribution in [3.05, 3.63) is 98.5 Å². The Kier molecular flexibility index (Phi) is 6.62. The van der Waals surface area contributed by atoms with Crippen molar-refractivity contribution in [3.8, 4) is 5.75 Å². The van der Waals surface area contributed by atoms with E-state index in [-0.39, 0.29) is 11.3 Å². The highest BCUT2D eigenvalue weighted by Crippen LogP contribution is 2.27. The largest absolute Gasteiger partial charge is 0.489 e. The van der Waals surface area contributed by atoms with Gasteiger partial charge in [-0.1, -0.05) is 57.9 Å². The van der Waals surface area contributed by atoms with Crippen LogP contribution in [0.3, 0.4) is 0 Å². The minimum atomic E-state index is -0.821. The average Bonchev–Trinajstić information content (AvgIpc) is 2.79. The Bertz CT molecular complexity index is 1270. The standard InChI is InChI=1S/C25H18BrClN2O4/c1-15-2-9-19(13-22(15)27)29-24(31)21(23(30)28-25(29)32)12-16-5-10-20(11-6-16)33-14-17-3-7-18(26)8-4-17/h2-13H,14H2,1H3,(H,28,30,32)/b21-12-. The molecule has 0 atom stereocenters. The number of halogens is 2. The number of hydrogen-bond donors (Lipinski definition) is 1. The predicted octanol–water partition coefficient (Wildman–Crippen LogP) is 5.66. The highest BCUT2D eigenvalue weighted by Gasteiger charge is 2.36. The summed E-state index contributed by atoms with van der Waals surface area (Å²) in [5.74, 6) is -0.833. The molecule has 0 saturated carbocycles. The van der Waals surface area contributed by atoms with Crippen LogP contribution in [0.5, 0.6) is 5.75 Å². The van der Waals surface area contributed by atoms with E-state index >= 15 is 0 Å². The molecule has 0 spiro atoms. The zero-order valence-electron chi connectivity index (χ0n) is 17.5. The number of urea groups is 1. The second-order valence-electron chi connectivity index (χ2n) is 7.38. The highest BCUT2D eigenvalue weighted by atomic mass is 79.9. The third-order valence-electron chi connectivity index (χ3n) is 5.03. The lowest BCUT2D eigenvalue weighted by Gasteiger charge is -2.26. The second kappa shape index (κ2) is 9.60. The summed E-state index contributed by atoms with van der Waals surface area (Å²) in [6.45, 7) is 2.22. The van der Waals surface area contributed by atoms with Gasteiger partial charge in [0.05, 0.1) is 5.69 Å². The number of barbiturate groups is 1. The maximum atomic E-state index is 13.0. The van der Waals surface area contributed by atoms with E-state index in [0.29, 0.717) is 22.9 Å². The summed E-state index contributed by atoms with van der Waals surface area (Å²) < 4.78 is 6.78. The van der Waals surface area contributed by atoms with Crippen LogP contribution in [0.25, 0.3) is 6.08 Å². The molecule has 0 aromatic heterocycles. The monoisotopic (exact) mass is 524 g/mol. The SMILES string of the molecule is Cc1ccc(N2C(=O)NC(=O)/C(=C/c3ccc(OCc4ccc(Br)cc4)cc3)C2=O)cc1Cl. The van der Waals surface area contributed by atoms with Gasteiger partial charge >= 0.3 is 6.03 Å². The number of imide groups is 2. The topological polar surface area (TPSA) is 75.7 Å². The molecule has 3 aromatic rings. The number of aryl methyl sites for hydroxylation is 1. The molecule has 8 heteroatoms. The van der Waals surface area contributed by atoms with Crippen LogP contribution in [0.15, 0.2) is 76.8 Å². The molecule has 1 aliphatic rings. The fourth-order valence-corrected chi connectivity index (χ4v) is 3.63. The Labute approximate surface area is 203 Å². The fourth-order valence-electron chi connectivity index (χ4n) is 3.19. The lowest BCUT2D eigenvalue weighted by atomic mass is 10.1. The molecule has 6 nitrogen and oxygen atoms in total. The van der Waals surface area contributed by atoms with Crippen LogP contribution < -0.4 is 15.0 Å². The van der Waals surface area contributed by atoms with Crippen molar-refractivity contribution in [2.24, 2.45) is 0 Å².